The number of rotatable bonds is 2. The van der Waals surface area contributed by atoms with Gasteiger partial charge in [-0.2, -0.15) is 31.6 Å². The zero-order chi connectivity index (χ0) is 14.6. The van der Waals surface area contributed by atoms with E-state index in [4.69, 9.17) is 5.26 Å². The summed E-state index contributed by atoms with van der Waals surface area (Å²) in [5, 5.41) is 8.33. The Morgan fingerprint density at radius 2 is 1.67 bits per heavy atom. The molecule has 0 heterocycles. The van der Waals surface area contributed by atoms with Crippen LogP contribution in [0.2, 0.25) is 0 Å². The number of hydrogen-bond acceptors (Lipinski definition) is 1. The van der Waals surface area contributed by atoms with E-state index >= 15 is 0 Å². The van der Waals surface area contributed by atoms with Gasteiger partial charge in [0.15, 0.2) is 0 Å². The normalized spacial score (nSPS) is 14.6. The van der Waals surface area contributed by atoms with Gasteiger partial charge in [0.2, 0.25) is 0 Å². The largest absolute Gasteiger partial charge is 0.424 e. The topological polar surface area (TPSA) is 23.8 Å². The Balaban J connectivity index is 5.78. The van der Waals surface area contributed by atoms with Crippen molar-refractivity contribution >= 4 is 0 Å². The molecule has 0 N–H and O–H groups in total. The minimum Gasteiger partial charge on any atom is -0.198 e. The van der Waals surface area contributed by atoms with Crippen LogP contribution in [0.1, 0.15) is 13.3 Å². The fourth-order valence-corrected chi connectivity index (χ4v) is 0.939. The van der Waals surface area contributed by atoms with E-state index in [-0.39, 0.29) is 6.08 Å². The van der Waals surface area contributed by atoms with E-state index in [1.54, 1.807) is 0 Å². The molecule has 0 saturated carbocycles. The van der Waals surface area contributed by atoms with Gasteiger partial charge in [-0.15, -0.1) is 6.42 Å². The van der Waals surface area contributed by atoms with Gasteiger partial charge >= 0.3 is 12.4 Å². The average Bonchev–Trinajstić information content (AvgIpc) is 2.19. The van der Waals surface area contributed by atoms with Gasteiger partial charge in [-0.3, -0.25) is 0 Å². The summed E-state index contributed by atoms with van der Waals surface area (Å²) in [6.45, 7) is 0.591. The van der Waals surface area contributed by atoms with E-state index in [0.29, 0.717) is 6.92 Å². The molecular weight excluding hydrogens is 260 g/mol. The molecular formula is C11H7F6N. The molecule has 0 bridgehead atoms. The van der Waals surface area contributed by atoms with Crippen molar-refractivity contribution < 1.29 is 26.3 Å². The van der Waals surface area contributed by atoms with Crippen molar-refractivity contribution in [2.24, 2.45) is 0 Å². The maximum atomic E-state index is 12.3. The van der Waals surface area contributed by atoms with Gasteiger partial charge in [-0.25, -0.2) is 0 Å². The lowest BCUT2D eigenvalue weighted by molar-refractivity contribution is -0.0930. The van der Waals surface area contributed by atoms with Crippen LogP contribution >= 0.6 is 0 Å². The number of nitrogens with zero attached hydrogens (tertiary/aromatic N) is 1. The molecule has 0 atom stereocenters. The van der Waals surface area contributed by atoms with Crippen molar-refractivity contribution in [1.82, 2.24) is 0 Å². The van der Waals surface area contributed by atoms with E-state index < -0.39 is 35.5 Å². The molecule has 0 saturated heterocycles. The van der Waals surface area contributed by atoms with Crippen molar-refractivity contribution in [3.63, 3.8) is 0 Å². The number of allylic oxidation sites excluding steroid dienone is 4. The predicted molar refractivity (Wildman–Crippen MR) is 52.0 cm³/mol. The van der Waals surface area contributed by atoms with Crippen molar-refractivity contribution in [2.75, 3.05) is 0 Å². The zero-order valence-electron chi connectivity index (χ0n) is 9.08. The number of hydrogen-bond donors (Lipinski definition) is 0. The second-order valence-corrected chi connectivity index (χ2v) is 3.18. The zero-order valence-corrected chi connectivity index (χ0v) is 9.08. The maximum absolute atomic E-state index is 12.3. The second-order valence-electron chi connectivity index (χ2n) is 3.18. The molecule has 0 unspecified atom stereocenters. The standard InChI is InChI=1S/C11H7F6N/c1-3-9(11(15,16)17)6-8(4-5-18)7(2)10(12,13)14/h1,6H,4H2,2H3/b8-7+,9-6+. The van der Waals surface area contributed by atoms with Gasteiger partial charge in [-0.1, -0.05) is 5.92 Å². The van der Waals surface area contributed by atoms with Gasteiger partial charge in [0.05, 0.1) is 12.5 Å². The van der Waals surface area contributed by atoms with E-state index in [2.05, 4.69) is 6.42 Å². The summed E-state index contributed by atoms with van der Waals surface area (Å²) in [6.07, 6.45) is -5.79. The molecule has 0 aromatic carbocycles. The molecule has 0 amide bonds. The molecule has 0 aliphatic heterocycles. The van der Waals surface area contributed by atoms with Crippen LogP contribution in [0.5, 0.6) is 0 Å². The van der Waals surface area contributed by atoms with Crippen LogP contribution < -0.4 is 0 Å². The van der Waals surface area contributed by atoms with Gasteiger partial charge < -0.3 is 0 Å². The lowest BCUT2D eigenvalue weighted by Gasteiger charge is -2.11. The van der Waals surface area contributed by atoms with Crippen LogP contribution in [-0.2, 0) is 0 Å². The van der Waals surface area contributed by atoms with Crippen molar-refractivity contribution in [1.29, 1.82) is 5.26 Å². The Labute approximate surface area is 99.4 Å². The Morgan fingerprint density at radius 3 is 1.94 bits per heavy atom. The Kier molecular flexibility index (Phi) is 5.04. The number of terminal acetylenes is 1. The number of halogens is 6. The van der Waals surface area contributed by atoms with E-state index in [9.17, 15) is 26.3 Å². The van der Waals surface area contributed by atoms with E-state index in [1.807, 2.05) is 0 Å². The van der Waals surface area contributed by atoms with Crippen LogP contribution in [-0.4, -0.2) is 12.4 Å². The van der Waals surface area contributed by atoms with Crippen LogP contribution in [0.4, 0.5) is 26.3 Å². The molecule has 0 aromatic rings. The molecule has 0 aromatic heterocycles. The predicted octanol–water partition coefficient (Wildman–Crippen LogP) is 3.90. The number of alkyl halides is 6. The molecule has 0 aliphatic carbocycles. The first-order valence-electron chi connectivity index (χ1n) is 4.43. The van der Waals surface area contributed by atoms with Crippen LogP contribution in [0.15, 0.2) is 22.8 Å². The highest BCUT2D eigenvalue weighted by molar-refractivity contribution is 5.41. The first-order valence-corrected chi connectivity index (χ1v) is 4.43. The summed E-state index contributed by atoms with van der Waals surface area (Å²) in [4.78, 5) is 0. The van der Waals surface area contributed by atoms with E-state index in [1.165, 1.54) is 12.0 Å². The van der Waals surface area contributed by atoms with Gasteiger partial charge in [0.1, 0.15) is 5.57 Å². The van der Waals surface area contributed by atoms with E-state index in [0.717, 1.165) is 0 Å². The first kappa shape index (κ1) is 16.1. The summed E-state index contributed by atoms with van der Waals surface area (Å²) >= 11 is 0. The summed E-state index contributed by atoms with van der Waals surface area (Å²) in [7, 11) is 0. The summed E-state index contributed by atoms with van der Waals surface area (Å²) < 4.78 is 73.9. The third kappa shape index (κ3) is 4.54. The van der Waals surface area contributed by atoms with Gasteiger partial charge in [0, 0.05) is 5.57 Å². The smallest absolute Gasteiger partial charge is 0.198 e. The Bertz CT molecular complexity index is 450. The van der Waals surface area contributed by atoms with Crippen molar-refractivity contribution in [3.8, 4) is 18.4 Å². The molecule has 0 fully saturated rings. The van der Waals surface area contributed by atoms with Crippen molar-refractivity contribution in [3.05, 3.63) is 22.8 Å². The molecule has 98 valence electrons. The average molecular weight is 267 g/mol. The molecule has 0 spiro atoms. The van der Waals surface area contributed by atoms with Gasteiger partial charge in [0.25, 0.3) is 0 Å². The minimum atomic E-state index is -4.93. The molecule has 0 rings (SSSR count). The quantitative estimate of drug-likeness (QED) is 0.423. The molecule has 7 heteroatoms. The monoisotopic (exact) mass is 267 g/mol. The fraction of sp³-hybridized carbons (Fsp3) is 0.364. The summed E-state index contributed by atoms with van der Waals surface area (Å²) in [5.41, 5.74) is -3.63. The van der Waals surface area contributed by atoms with Crippen LogP contribution in [0.25, 0.3) is 0 Å². The first-order chi connectivity index (χ1) is 8.04. The molecule has 1 nitrogen and oxygen atoms in total. The Hall–Kier alpha value is -1.89. The molecule has 0 radical (unpaired) electrons. The summed E-state index contributed by atoms with van der Waals surface area (Å²) in [5.74, 6) is 1.26. The highest BCUT2D eigenvalue weighted by atomic mass is 19.4. The SMILES string of the molecule is C#C/C(=C\C(CC#N)=C(/C)C(F)(F)F)C(F)(F)F. The van der Waals surface area contributed by atoms with Crippen molar-refractivity contribution in [2.45, 2.75) is 25.7 Å². The lowest BCUT2D eigenvalue weighted by atomic mass is 10.0. The Morgan fingerprint density at radius 1 is 1.17 bits per heavy atom. The highest BCUT2D eigenvalue weighted by Crippen LogP contribution is 2.32. The fourth-order valence-electron chi connectivity index (χ4n) is 0.939. The second kappa shape index (κ2) is 5.63. The van der Waals surface area contributed by atoms with Gasteiger partial charge in [-0.05, 0) is 18.6 Å². The third-order valence-corrected chi connectivity index (χ3v) is 1.96. The lowest BCUT2D eigenvalue weighted by Crippen LogP contribution is -2.14. The maximum Gasteiger partial charge on any atom is 0.424 e. The van der Waals surface area contributed by atoms with Crippen LogP contribution in [0.3, 0.4) is 0 Å². The molecule has 18 heavy (non-hydrogen) atoms. The minimum absolute atomic E-state index is 0.173. The highest BCUT2D eigenvalue weighted by Gasteiger charge is 2.35. The number of nitriles is 1. The molecule has 0 aliphatic rings. The summed E-state index contributed by atoms with van der Waals surface area (Å²) in [6, 6.07) is 1.36. The third-order valence-electron chi connectivity index (χ3n) is 1.96. The van der Waals surface area contributed by atoms with Crippen LogP contribution in [0, 0.1) is 23.7 Å².